The molecule has 1 aromatic carbocycles. The maximum atomic E-state index is 5.94. The monoisotopic (exact) mass is 275 g/mol. The Morgan fingerprint density at radius 1 is 1.00 bits per heavy atom. The average molecular weight is 275 g/mol. The minimum atomic E-state index is 0.223. The van der Waals surface area contributed by atoms with E-state index in [0.717, 1.165) is 5.75 Å². The van der Waals surface area contributed by atoms with Crippen LogP contribution in [0.3, 0.4) is 0 Å². The molecule has 0 heterocycles. The first-order valence-electron chi connectivity index (χ1n) is 8.18. The van der Waals surface area contributed by atoms with Gasteiger partial charge in [0.25, 0.3) is 0 Å². The molecule has 0 saturated heterocycles. The van der Waals surface area contributed by atoms with Crippen LogP contribution in [-0.4, -0.2) is 12.1 Å². The van der Waals surface area contributed by atoms with Gasteiger partial charge in [-0.25, -0.2) is 0 Å². The van der Waals surface area contributed by atoms with E-state index in [9.17, 15) is 0 Å². The van der Waals surface area contributed by atoms with E-state index in [4.69, 9.17) is 4.74 Å². The molecular formula is C18H29NO. The Hall–Kier alpha value is -1.02. The van der Waals surface area contributed by atoms with Gasteiger partial charge in [0.2, 0.25) is 0 Å². The highest BCUT2D eigenvalue weighted by atomic mass is 16.5. The first-order chi connectivity index (χ1) is 9.66. The highest BCUT2D eigenvalue weighted by Crippen LogP contribution is 2.27. The van der Waals surface area contributed by atoms with Gasteiger partial charge in [-0.3, -0.25) is 0 Å². The summed E-state index contributed by atoms with van der Waals surface area (Å²) in [5.41, 5.74) is 1.28. The van der Waals surface area contributed by atoms with E-state index in [1.165, 1.54) is 44.1 Å². The molecule has 1 saturated carbocycles. The van der Waals surface area contributed by atoms with Gasteiger partial charge >= 0.3 is 0 Å². The molecule has 2 rings (SSSR count). The van der Waals surface area contributed by atoms with Gasteiger partial charge in [-0.15, -0.1) is 0 Å². The van der Waals surface area contributed by atoms with E-state index < -0.39 is 0 Å². The number of nitrogens with one attached hydrogen (secondary N) is 1. The lowest BCUT2D eigenvalue weighted by atomic mass is 10.0. The van der Waals surface area contributed by atoms with Gasteiger partial charge in [-0.2, -0.15) is 0 Å². The maximum absolute atomic E-state index is 5.94. The van der Waals surface area contributed by atoms with Crippen LogP contribution < -0.4 is 10.1 Å². The zero-order valence-corrected chi connectivity index (χ0v) is 13.2. The fourth-order valence-electron chi connectivity index (χ4n) is 3.09. The van der Waals surface area contributed by atoms with Crippen LogP contribution in [0, 0.1) is 0 Å². The van der Waals surface area contributed by atoms with Crippen molar-refractivity contribution in [2.75, 3.05) is 0 Å². The lowest BCUT2D eigenvalue weighted by molar-refractivity contribution is 0.237. The van der Waals surface area contributed by atoms with Crippen LogP contribution >= 0.6 is 0 Å². The summed E-state index contributed by atoms with van der Waals surface area (Å²) in [4.78, 5) is 0. The predicted octanol–water partition coefficient (Wildman–Crippen LogP) is 4.85. The number of para-hydroxylation sites is 1. The van der Waals surface area contributed by atoms with E-state index in [-0.39, 0.29) is 6.10 Å². The van der Waals surface area contributed by atoms with Crippen LogP contribution in [0.1, 0.15) is 70.9 Å². The molecule has 0 aromatic heterocycles. The maximum Gasteiger partial charge on any atom is 0.124 e. The lowest BCUT2D eigenvalue weighted by Gasteiger charge is -2.24. The van der Waals surface area contributed by atoms with Gasteiger partial charge in [0.1, 0.15) is 5.75 Å². The number of rotatable bonds is 5. The Bertz CT molecular complexity index is 394. The molecule has 1 atom stereocenters. The molecule has 1 aromatic rings. The first kappa shape index (κ1) is 15.4. The van der Waals surface area contributed by atoms with Gasteiger partial charge in [0, 0.05) is 17.6 Å². The first-order valence-corrected chi connectivity index (χ1v) is 8.18. The molecule has 20 heavy (non-hydrogen) atoms. The summed E-state index contributed by atoms with van der Waals surface area (Å²) in [6.45, 7) is 6.42. The van der Waals surface area contributed by atoms with Crippen LogP contribution in [-0.2, 0) is 0 Å². The van der Waals surface area contributed by atoms with Gasteiger partial charge in [0.05, 0.1) is 6.10 Å². The quantitative estimate of drug-likeness (QED) is 0.776. The average Bonchev–Trinajstić information content (AvgIpc) is 2.67. The van der Waals surface area contributed by atoms with E-state index in [1.807, 2.05) is 0 Å². The summed E-state index contributed by atoms with van der Waals surface area (Å²) in [7, 11) is 0. The molecule has 2 nitrogen and oxygen atoms in total. The zero-order chi connectivity index (χ0) is 14.4. The summed E-state index contributed by atoms with van der Waals surface area (Å²) >= 11 is 0. The third kappa shape index (κ3) is 4.52. The molecular weight excluding hydrogens is 246 g/mol. The second kappa shape index (κ2) is 7.68. The molecule has 1 aliphatic rings. The Labute approximate surface area is 123 Å². The van der Waals surface area contributed by atoms with Crippen LogP contribution in [0.25, 0.3) is 0 Å². The van der Waals surface area contributed by atoms with Crippen molar-refractivity contribution in [3.63, 3.8) is 0 Å². The minimum Gasteiger partial charge on any atom is -0.491 e. The summed E-state index contributed by atoms with van der Waals surface area (Å²) in [6.07, 6.45) is 8.40. The molecule has 1 fully saturated rings. The second-order valence-electron chi connectivity index (χ2n) is 6.28. The van der Waals surface area contributed by atoms with Crippen molar-refractivity contribution < 1.29 is 4.74 Å². The normalized spacial score (nSPS) is 18.8. The van der Waals surface area contributed by atoms with Crippen LogP contribution in [0.15, 0.2) is 24.3 Å². The smallest absolute Gasteiger partial charge is 0.124 e. The summed E-state index contributed by atoms with van der Waals surface area (Å²) < 4.78 is 5.94. The minimum absolute atomic E-state index is 0.223. The van der Waals surface area contributed by atoms with Crippen LogP contribution in [0.2, 0.25) is 0 Å². The number of benzene rings is 1. The van der Waals surface area contributed by atoms with Gasteiger partial charge < -0.3 is 10.1 Å². The van der Waals surface area contributed by atoms with Crippen molar-refractivity contribution in [1.82, 2.24) is 5.32 Å². The van der Waals surface area contributed by atoms with Gasteiger partial charge in [0.15, 0.2) is 0 Å². The molecule has 0 amide bonds. The Morgan fingerprint density at radius 3 is 2.30 bits per heavy atom. The summed E-state index contributed by atoms with van der Waals surface area (Å²) in [5, 5.41) is 3.81. The standard InChI is InChI=1S/C18H29NO/c1-14(2)20-18-13-9-8-12-17(18)15(3)19-16-10-6-4-5-7-11-16/h8-9,12-16,19H,4-7,10-11H2,1-3H3. The predicted molar refractivity (Wildman–Crippen MR) is 85.2 cm³/mol. The van der Waals surface area contributed by atoms with Crippen LogP contribution in [0.4, 0.5) is 0 Å². The number of hydrogen-bond acceptors (Lipinski definition) is 2. The van der Waals surface area contributed by atoms with Crippen LogP contribution in [0.5, 0.6) is 5.75 Å². The van der Waals surface area contributed by atoms with E-state index in [1.54, 1.807) is 0 Å². The second-order valence-corrected chi connectivity index (χ2v) is 6.28. The summed E-state index contributed by atoms with van der Waals surface area (Å²) in [6, 6.07) is 9.45. The van der Waals surface area contributed by atoms with Crippen molar-refractivity contribution in [3.8, 4) is 5.75 Å². The molecule has 0 radical (unpaired) electrons. The van der Waals surface area contributed by atoms with Crippen molar-refractivity contribution in [2.24, 2.45) is 0 Å². The zero-order valence-electron chi connectivity index (χ0n) is 13.2. The Kier molecular flexibility index (Phi) is 5.90. The van der Waals surface area contributed by atoms with Crippen molar-refractivity contribution in [3.05, 3.63) is 29.8 Å². The van der Waals surface area contributed by atoms with Gasteiger partial charge in [-0.05, 0) is 39.7 Å². The molecule has 1 unspecified atom stereocenters. The highest BCUT2D eigenvalue weighted by molar-refractivity contribution is 5.35. The molecule has 2 heteroatoms. The number of hydrogen-bond donors (Lipinski definition) is 1. The molecule has 0 spiro atoms. The molecule has 1 aliphatic carbocycles. The molecule has 0 aliphatic heterocycles. The van der Waals surface area contributed by atoms with Crippen molar-refractivity contribution in [2.45, 2.75) is 77.5 Å². The highest BCUT2D eigenvalue weighted by Gasteiger charge is 2.18. The van der Waals surface area contributed by atoms with E-state index >= 15 is 0 Å². The SMILES string of the molecule is CC(C)Oc1ccccc1C(C)NC1CCCCCC1. The fraction of sp³-hybridized carbons (Fsp3) is 0.667. The Balaban J connectivity index is 2.02. The Morgan fingerprint density at radius 2 is 1.65 bits per heavy atom. The molecule has 0 bridgehead atoms. The largest absolute Gasteiger partial charge is 0.491 e. The van der Waals surface area contributed by atoms with E-state index in [0.29, 0.717) is 12.1 Å². The van der Waals surface area contributed by atoms with Crippen molar-refractivity contribution >= 4 is 0 Å². The molecule has 112 valence electrons. The van der Waals surface area contributed by atoms with Crippen molar-refractivity contribution in [1.29, 1.82) is 0 Å². The third-order valence-electron chi connectivity index (χ3n) is 4.09. The number of ether oxygens (including phenoxy) is 1. The third-order valence-corrected chi connectivity index (χ3v) is 4.09. The summed E-state index contributed by atoms with van der Waals surface area (Å²) in [5.74, 6) is 1.02. The topological polar surface area (TPSA) is 21.3 Å². The van der Waals surface area contributed by atoms with E-state index in [2.05, 4.69) is 50.4 Å². The fourth-order valence-corrected chi connectivity index (χ4v) is 3.09. The lowest BCUT2D eigenvalue weighted by Crippen LogP contribution is -2.31. The van der Waals surface area contributed by atoms with Gasteiger partial charge in [-0.1, -0.05) is 43.9 Å². The molecule has 1 N–H and O–H groups in total.